The molecule has 0 unspecified atom stereocenters. The smallest absolute Gasteiger partial charge is 0.256 e. The van der Waals surface area contributed by atoms with E-state index in [-0.39, 0.29) is 17.7 Å². The zero-order valence-corrected chi connectivity index (χ0v) is 12.3. The summed E-state index contributed by atoms with van der Waals surface area (Å²) in [7, 11) is 0. The van der Waals surface area contributed by atoms with Gasteiger partial charge in [-0.1, -0.05) is 32.0 Å². The van der Waals surface area contributed by atoms with Gasteiger partial charge in [-0.05, 0) is 43.7 Å². The predicted octanol–water partition coefficient (Wildman–Crippen LogP) is 3.45. The summed E-state index contributed by atoms with van der Waals surface area (Å²) in [6.45, 7) is 5.02. The quantitative estimate of drug-likeness (QED) is 0.826. The predicted molar refractivity (Wildman–Crippen MR) is 78.4 cm³/mol. The fourth-order valence-electron chi connectivity index (χ4n) is 3.55. The lowest BCUT2D eigenvalue weighted by atomic mass is 10.00. The van der Waals surface area contributed by atoms with Gasteiger partial charge in [-0.3, -0.25) is 4.79 Å². The second-order valence-electron chi connectivity index (χ2n) is 6.32. The zero-order valence-electron chi connectivity index (χ0n) is 12.3. The highest BCUT2D eigenvalue weighted by Crippen LogP contribution is 2.44. The number of carbonyl (C=O) groups excluding carboxylic acids is 1. The number of hydrogen-bond donors (Lipinski definition) is 0. The highest BCUT2D eigenvalue weighted by atomic mass is 16.5. The van der Waals surface area contributed by atoms with Crippen LogP contribution >= 0.6 is 0 Å². The summed E-state index contributed by atoms with van der Waals surface area (Å²) in [4.78, 5) is 15.0. The van der Waals surface area contributed by atoms with E-state index >= 15 is 0 Å². The van der Waals surface area contributed by atoms with Gasteiger partial charge in [-0.15, -0.1) is 0 Å². The van der Waals surface area contributed by atoms with E-state index in [0.717, 1.165) is 31.2 Å². The van der Waals surface area contributed by atoms with Crippen LogP contribution in [0.15, 0.2) is 30.3 Å². The monoisotopic (exact) mass is 273 g/mol. The average molecular weight is 273 g/mol. The molecule has 1 heterocycles. The van der Waals surface area contributed by atoms with Crippen LogP contribution in [-0.4, -0.2) is 29.2 Å². The third-order valence-electron chi connectivity index (χ3n) is 4.69. The van der Waals surface area contributed by atoms with E-state index in [0.29, 0.717) is 12.5 Å². The number of benzene rings is 1. The van der Waals surface area contributed by atoms with Gasteiger partial charge >= 0.3 is 0 Å². The molecule has 1 amide bonds. The Kier molecular flexibility index (Phi) is 3.55. The largest absolute Gasteiger partial charge is 0.353 e. The van der Waals surface area contributed by atoms with Crippen molar-refractivity contribution in [2.75, 3.05) is 6.61 Å². The van der Waals surface area contributed by atoms with Crippen LogP contribution in [0.5, 0.6) is 0 Å². The van der Waals surface area contributed by atoms with Gasteiger partial charge < -0.3 is 9.64 Å². The van der Waals surface area contributed by atoms with Gasteiger partial charge in [-0.2, -0.15) is 0 Å². The van der Waals surface area contributed by atoms with Crippen molar-refractivity contribution in [2.45, 2.75) is 51.3 Å². The molecular formula is C17H23NO2. The van der Waals surface area contributed by atoms with Gasteiger partial charge in [-0.25, -0.2) is 0 Å². The maximum Gasteiger partial charge on any atom is 0.256 e. The Labute approximate surface area is 120 Å². The third-order valence-corrected chi connectivity index (χ3v) is 4.69. The Bertz CT molecular complexity index is 477. The molecule has 3 rings (SSSR count). The van der Waals surface area contributed by atoms with Crippen LogP contribution in [0, 0.1) is 5.92 Å². The lowest BCUT2D eigenvalue weighted by Crippen LogP contribution is -2.51. The highest BCUT2D eigenvalue weighted by molar-refractivity contribution is 5.95. The van der Waals surface area contributed by atoms with Gasteiger partial charge in [0.25, 0.3) is 5.91 Å². The van der Waals surface area contributed by atoms with E-state index in [1.54, 1.807) is 0 Å². The molecule has 0 N–H and O–H groups in total. The second-order valence-corrected chi connectivity index (χ2v) is 6.32. The summed E-state index contributed by atoms with van der Waals surface area (Å²) in [5, 5.41) is 0. The molecule has 1 aromatic carbocycles. The summed E-state index contributed by atoms with van der Waals surface area (Å²) in [6.07, 6.45) is 4.27. The van der Waals surface area contributed by atoms with Crippen molar-refractivity contribution in [2.24, 2.45) is 5.92 Å². The average Bonchev–Trinajstić information content (AvgIpc) is 3.07. The van der Waals surface area contributed by atoms with E-state index in [1.807, 2.05) is 30.3 Å². The molecule has 0 radical (unpaired) electrons. The summed E-state index contributed by atoms with van der Waals surface area (Å²) in [5.41, 5.74) is 0.442. The molecule has 0 bridgehead atoms. The fraction of sp³-hybridized carbons (Fsp3) is 0.588. The molecule has 108 valence electrons. The van der Waals surface area contributed by atoms with Gasteiger partial charge in [0.05, 0.1) is 12.6 Å². The van der Waals surface area contributed by atoms with Crippen molar-refractivity contribution < 1.29 is 9.53 Å². The molecule has 1 spiro atoms. The second kappa shape index (κ2) is 5.21. The Morgan fingerprint density at radius 1 is 1.25 bits per heavy atom. The van der Waals surface area contributed by atoms with Crippen LogP contribution in [0.4, 0.5) is 0 Å². The number of amides is 1. The Hall–Kier alpha value is -1.35. The molecule has 3 nitrogen and oxygen atoms in total. The maximum absolute atomic E-state index is 13.0. The molecular weight excluding hydrogens is 250 g/mol. The Balaban J connectivity index is 1.95. The molecule has 0 aromatic heterocycles. The molecule has 2 aliphatic rings. The van der Waals surface area contributed by atoms with Crippen molar-refractivity contribution in [1.82, 2.24) is 4.90 Å². The summed E-state index contributed by atoms with van der Waals surface area (Å²) >= 11 is 0. The number of rotatable bonds is 2. The van der Waals surface area contributed by atoms with Crippen LogP contribution in [-0.2, 0) is 4.74 Å². The minimum Gasteiger partial charge on any atom is -0.353 e. The molecule has 1 saturated carbocycles. The van der Waals surface area contributed by atoms with Gasteiger partial charge in [0.2, 0.25) is 0 Å². The molecule has 1 atom stereocenters. The minimum atomic E-state index is -0.331. The maximum atomic E-state index is 13.0. The van der Waals surface area contributed by atoms with Crippen LogP contribution in [0.3, 0.4) is 0 Å². The van der Waals surface area contributed by atoms with E-state index in [1.165, 1.54) is 0 Å². The molecule has 1 aliphatic heterocycles. The molecule has 2 fully saturated rings. The summed E-state index contributed by atoms with van der Waals surface area (Å²) in [6, 6.07) is 9.80. The van der Waals surface area contributed by atoms with Crippen LogP contribution in [0.1, 0.15) is 49.9 Å². The first kappa shape index (κ1) is 13.6. The molecule has 1 aliphatic carbocycles. The van der Waals surface area contributed by atoms with E-state index in [4.69, 9.17) is 4.74 Å². The Morgan fingerprint density at radius 3 is 2.50 bits per heavy atom. The zero-order chi connectivity index (χ0) is 14.2. The van der Waals surface area contributed by atoms with Crippen molar-refractivity contribution in [3.8, 4) is 0 Å². The van der Waals surface area contributed by atoms with Crippen LogP contribution in [0.2, 0.25) is 0 Å². The van der Waals surface area contributed by atoms with Crippen LogP contribution in [0.25, 0.3) is 0 Å². The summed E-state index contributed by atoms with van der Waals surface area (Å²) < 4.78 is 6.14. The first-order chi connectivity index (χ1) is 9.64. The standard InChI is InChI=1S/C17H23NO2/c1-13(2)15-12-20-17(10-6-7-11-17)18(15)16(19)14-8-4-3-5-9-14/h3-5,8-9,13,15H,6-7,10-12H2,1-2H3/t15-/m1/s1. The van der Waals surface area contributed by atoms with Crippen molar-refractivity contribution >= 4 is 5.91 Å². The van der Waals surface area contributed by atoms with Gasteiger partial charge in [0, 0.05) is 5.56 Å². The van der Waals surface area contributed by atoms with Gasteiger partial charge in [0.1, 0.15) is 5.72 Å². The highest BCUT2D eigenvalue weighted by Gasteiger charge is 2.52. The lowest BCUT2D eigenvalue weighted by molar-refractivity contribution is -0.0651. The molecule has 3 heteroatoms. The lowest BCUT2D eigenvalue weighted by Gasteiger charge is -2.37. The normalized spacial score (nSPS) is 24.8. The number of carbonyl (C=O) groups is 1. The number of hydrogen-bond acceptors (Lipinski definition) is 2. The fourth-order valence-corrected chi connectivity index (χ4v) is 3.55. The summed E-state index contributed by atoms with van der Waals surface area (Å²) in [5.74, 6) is 0.548. The number of nitrogens with zero attached hydrogens (tertiary/aromatic N) is 1. The van der Waals surface area contributed by atoms with Crippen molar-refractivity contribution in [3.05, 3.63) is 35.9 Å². The van der Waals surface area contributed by atoms with E-state index in [9.17, 15) is 4.79 Å². The van der Waals surface area contributed by atoms with Crippen molar-refractivity contribution in [1.29, 1.82) is 0 Å². The van der Waals surface area contributed by atoms with Crippen molar-refractivity contribution in [3.63, 3.8) is 0 Å². The van der Waals surface area contributed by atoms with Gasteiger partial charge in [0.15, 0.2) is 0 Å². The minimum absolute atomic E-state index is 0.128. The Morgan fingerprint density at radius 2 is 1.90 bits per heavy atom. The third kappa shape index (κ3) is 2.14. The first-order valence-electron chi connectivity index (χ1n) is 7.67. The van der Waals surface area contributed by atoms with E-state index in [2.05, 4.69) is 18.7 Å². The van der Waals surface area contributed by atoms with E-state index < -0.39 is 0 Å². The molecule has 1 saturated heterocycles. The number of ether oxygens (including phenoxy) is 1. The topological polar surface area (TPSA) is 29.5 Å². The van der Waals surface area contributed by atoms with Crippen LogP contribution < -0.4 is 0 Å². The molecule has 20 heavy (non-hydrogen) atoms. The first-order valence-corrected chi connectivity index (χ1v) is 7.67. The SMILES string of the molecule is CC(C)[C@H]1COC2(CCCC2)N1C(=O)c1ccccc1. The molecule has 1 aromatic rings.